The van der Waals surface area contributed by atoms with Gasteiger partial charge in [-0.1, -0.05) is 92.9 Å². The van der Waals surface area contributed by atoms with Gasteiger partial charge in [0.1, 0.15) is 12.4 Å². The molecule has 0 radical (unpaired) electrons. The summed E-state index contributed by atoms with van der Waals surface area (Å²) < 4.78 is 64.9. The van der Waals surface area contributed by atoms with Crippen LogP contribution in [0.5, 0.6) is 0 Å². The van der Waals surface area contributed by atoms with Crippen LogP contribution in [0, 0.1) is 0 Å². The van der Waals surface area contributed by atoms with Gasteiger partial charge in [0.2, 0.25) is 5.91 Å². The molecular formula is C38H56F3N2NaO8S3. The Hall–Kier alpha value is -2.08. The number of carboxylic acid groups (broad SMARTS) is 1. The number of hydrogen-bond acceptors (Lipinski definition) is 10. The van der Waals surface area contributed by atoms with Gasteiger partial charge in [-0.3, -0.25) is 18.8 Å². The van der Waals surface area contributed by atoms with Crippen molar-refractivity contribution in [3.63, 3.8) is 0 Å². The van der Waals surface area contributed by atoms with E-state index in [1.54, 1.807) is 0 Å². The molecule has 2 aromatic rings. The molecule has 306 valence electrons. The molecule has 0 fully saturated rings. The summed E-state index contributed by atoms with van der Waals surface area (Å²) in [7, 11) is -5.47. The Morgan fingerprint density at radius 3 is 1.95 bits per heavy atom. The Kier molecular flexibility index (Phi) is 34.0. The van der Waals surface area contributed by atoms with Gasteiger partial charge in [0.15, 0.2) is 5.90 Å². The molecule has 3 rings (SSSR count). The van der Waals surface area contributed by atoms with Gasteiger partial charge in [0.25, 0.3) is 0 Å². The molecule has 0 aliphatic carbocycles. The molecule has 10 nitrogen and oxygen atoms in total. The average Bonchev–Trinajstić information content (AvgIpc) is 3.69. The summed E-state index contributed by atoms with van der Waals surface area (Å²) >= 11 is 6.66. The van der Waals surface area contributed by atoms with Crippen LogP contribution < -0.4 is 29.6 Å². The number of ether oxygens (including phenoxy) is 1. The Morgan fingerprint density at radius 1 is 0.909 bits per heavy atom. The molecular weight excluding hydrogens is 789 g/mol. The zero-order valence-electron chi connectivity index (χ0n) is 32.6. The molecule has 17 heteroatoms. The molecule has 0 saturated carbocycles. The molecule has 2 aromatic carbocycles. The molecule has 0 spiro atoms. The monoisotopic (exact) mass is 844 g/mol. The van der Waals surface area contributed by atoms with E-state index in [-0.39, 0.29) is 54.1 Å². The van der Waals surface area contributed by atoms with E-state index in [2.05, 4.69) is 21.3 Å². The van der Waals surface area contributed by atoms with Crippen LogP contribution in [0.15, 0.2) is 65.7 Å². The van der Waals surface area contributed by atoms with Crippen LogP contribution in [0.25, 0.3) is 0 Å². The summed E-state index contributed by atoms with van der Waals surface area (Å²) in [6.07, 6.45) is 5.59. The summed E-state index contributed by atoms with van der Waals surface area (Å²) in [5.74, 6) is 2.96. The van der Waals surface area contributed by atoms with Crippen molar-refractivity contribution in [1.82, 2.24) is 4.90 Å². The number of carbonyl (C=O) groups excluding carboxylic acids is 2. The first-order valence-corrected chi connectivity index (χ1v) is 21.1. The molecule has 0 aromatic heterocycles. The predicted molar refractivity (Wildman–Crippen MR) is 212 cm³/mol. The van der Waals surface area contributed by atoms with Crippen molar-refractivity contribution in [1.29, 1.82) is 0 Å². The largest absolute Gasteiger partial charge is 1.00 e. The minimum absolute atomic E-state index is 0. The number of hydrogen-bond donors (Lipinski definition) is 1. The number of thioether (sulfide) groups is 1. The Balaban J connectivity index is 0. The number of Topliss-reactive ketones (excluding diaryl/α,β-unsaturated/α-hetero) is 1. The summed E-state index contributed by atoms with van der Waals surface area (Å²) in [6.45, 7) is 7.99. The maximum Gasteiger partial charge on any atom is 1.00 e. The van der Waals surface area contributed by atoms with E-state index in [1.165, 1.54) is 18.1 Å². The van der Waals surface area contributed by atoms with Gasteiger partial charge in [-0.25, -0.2) is 0 Å². The first-order valence-electron chi connectivity index (χ1n) is 18.0. The SMILES string of the molecule is CC(=O)CCCCCOS(=O)(=O)C(F)(F)F.CCC(=O)N(CCCCCC(=O)O)CCSCc1ccccc1.CCC1=NCCO1.[Na+].[S-]Cc1ccccc1. The normalized spacial score (nSPS) is 11.8. The van der Waals surface area contributed by atoms with Crippen LogP contribution in [-0.2, 0) is 57.6 Å². The molecule has 1 N–H and O–H groups in total. The first kappa shape index (κ1) is 55.0. The van der Waals surface area contributed by atoms with Crippen LogP contribution in [0.4, 0.5) is 13.2 Å². The fourth-order valence-electron chi connectivity index (χ4n) is 4.34. The summed E-state index contributed by atoms with van der Waals surface area (Å²) in [5.41, 5.74) is -2.84. The molecule has 0 saturated heterocycles. The van der Waals surface area contributed by atoms with Crippen molar-refractivity contribution in [2.75, 3.05) is 38.6 Å². The molecule has 1 aliphatic heterocycles. The number of aliphatic imine (C=N–C) groups is 1. The summed E-state index contributed by atoms with van der Waals surface area (Å²) in [5, 5.41) is 8.62. The fraction of sp³-hybridized carbons (Fsp3) is 0.579. The second kappa shape index (κ2) is 34.0. The van der Waals surface area contributed by atoms with Crippen LogP contribution in [-0.4, -0.2) is 86.1 Å². The van der Waals surface area contributed by atoms with Gasteiger partial charge in [-0.15, -0.1) is 0 Å². The summed E-state index contributed by atoms with van der Waals surface area (Å²) in [6, 6.07) is 20.4. The van der Waals surface area contributed by atoms with Gasteiger partial charge >= 0.3 is 51.2 Å². The Labute approximate surface area is 357 Å². The maximum absolute atomic E-state index is 12.0. The number of aliphatic carboxylic acids is 1. The van der Waals surface area contributed by atoms with Crippen molar-refractivity contribution in [2.24, 2.45) is 4.99 Å². The van der Waals surface area contributed by atoms with Gasteiger partial charge < -0.3 is 32.2 Å². The number of benzene rings is 2. The Morgan fingerprint density at radius 2 is 1.49 bits per heavy atom. The molecule has 0 atom stereocenters. The molecule has 0 bridgehead atoms. The van der Waals surface area contributed by atoms with Crippen LogP contribution in [0.3, 0.4) is 0 Å². The minimum Gasteiger partial charge on any atom is -0.788 e. The third-order valence-corrected chi connectivity index (χ3v) is 9.63. The second-order valence-electron chi connectivity index (χ2n) is 11.8. The van der Waals surface area contributed by atoms with E-state index in [9.17, 15) is 36.0 Å². The quantitative estimate of drug-likeness (QED) is 0.0574. The minimum atomic E-state index is -5.47. The molecule has 1 heterocycles. The third kappa shape index (κ3) is 30.7. The van der Waals surface area contributed by atoms with Crippen molar-refractivity contribution in [3.05, 3.63) is 71.8 Å². The second-order valence-corrected chi connectivity index (χ2v) is 14.8. The smallest absolute Gasteiger partial charge is 0.788 e. The van der Waals surface area contributed by atoms with E-state index in [1.807, 2.05) is 79.0 Å². The van der Waals surface area contributed by atoms with Gasteiger partial charge in [0.05, 0.1) is 13.2 Å². The molecule has 55 heavy (non-hydrogen) atoms. The number of alkyl halides is 3. The number of rotatable bonds is 21. The molecule has 0 unspecified atom stereocenters. The van der Waals surface area contributed by atoms with Gasteiger partial charge in [0, 0.05) is 50.3 Å². The third-order valence-electron chi connectivity index (χ3n) is 7.25. The number of ketones is 1. The van der Waals surface area contributed by atoms with Crippen LogP contribution in [0.1, 0.15) is 96.1 Å². The number of halogens is 3. The van der Waals surface area contributed by atoms with Crippen molar-refractivity contribution < 1.29 is 79.6 Å². The van der Waals surface area contributed by atoms with E-state index >= 15 is 0 Å². The van der Waals surface area contributed by atoms with Crippen molar-refractivity contribution >= 4 is 58.1 Å². The number of unbranched alkanes of at least 4 members (excludes halogenated alkanes) is 4. The predicted octanol–water partition coefficient (Wildman–Crippen LogP) is 5.37. The summed E-state index contributed by atoms with van der Waals surface area (Å²) in [4.78, 5) is 38.9. The van der Waals surface area contributed by atoms with E-state index in [0.29, 0.717) is 32.1 Å². The fourth-order valence-corrected chi connectivity index (χ4v) is 5.92. The van der Waals surface area contributed by atoms with Gasteiger partial charge in [-0.2, -0.15) is 39.1 Å². The van der Waals surface area contributed by atoms with Crippen molar-refractivity contribution in [2.45, 2.75) is 102 Å². The van der Waals surface area contributed by atoms with Crippen LogP contribution in [0.2, 0.25) is 0 Å². The van der Waals surface area contributed by atoms with E-state index < -0.39 is 28.2 Å². The number of carboxylic acids is 1. The number of amides is 1. The van der Waals surface area contributed by atoms with Gasteiger partial charge in [-0.05, 0) is 38.2 Å². The van der Waals surface area contributed by atoms with Crippen LogP contribution >= 0.6 is 11.8 Å². The zero-order chi connectivity index (χ0) is 40.7. The average molecular weight is 845 g/mol. The standard InChI is InChI=1S/C18H27NO3S.C8H13F3O4S.C7H8S.C5H9NO.Na/c1-2-17(20)19(12-8-4-7-11-18(21)22)13-14-23-15-16-9-5-3-6-10-16;1-7(12)5-3-2-4-6-15-16(13,14)8(9,10)11;8-6-7-4-2-1-3-5-7;1-2-5-6-3-4-7-5;/h3,5-6,9-10H,2,4,7-8,11-15H2,1H3,(H,21,22);2-6H2,1H3;1-5,8H,6H2;2-4H2,1H3;/q;;;;+1/p-1. The zero-order valence-corrected chi connectivity index (χ0v) is 37.0. The van der Waals surface area contributed by atoms with E-state index in [0.717, 1.165) is 68.7 Å². The number of carbonyl (C=O) groups is 3. The first-order chi connectivity index (χ1) is 25.7. The van der Waals surface area contributed by atoms with E-state index in [4.69, 9.17) is 22.5 Å². The Bertz CT molecular complexity index is 1440. The number of nitrogens with zero attached hydrogens (tertiary/aromatic N) is 2. The van der Waals surface area contributed by atoms with Crippen molar-refractivity contribution in [3.8, 4) is 0 Å². The topological polar surface area (TPSA) is 140 Å². The molecule has 1 amide bonds. The maximum atomic E-state index is 12.0. The molecule has 1 aliphatic rings.